The second-order valence-corrected chi connectivity index (χ2v) is 4.81. The molecule has 0 aromatic heterocycles. The van der Waals surface area contributed by atoms with Gasteiger partial charge in [0.25, 0.3) is 0 Å². The quantitative estimate of drug-likeness (QED) is 0.754. The monoisotopic (exact) mass is 233 g/mol. The van der Waals surface area contributed by atoms with E-state index in [1.54, 1.807) is 12.3 Å². The van der Waals surface area contributed by atoms with Crippen molar-refractivity contribution in [2.75, 3.05) is 6.54 Å². The van der Waals surface area contributed by atoms with Gasteiger partial charge in [0.2, 0.25) is 0 Å². The van der Waals surface area contributed by atoms with Crippen molar-refractivity contribution in [1.82, 2.24) is 4.90 Å². The van der Waals surface area contributed by atoms with Crippen LogP contribution in [0.5, 0.6) is 0 Å². The predicted octanol–water partition coefficient (Wildman–Crippen LogP) is 2.24. The van der Waals surface area contributed by atoms with Crippen molar-refractivity contribution >= 4 is 5.84 Å². The van der Waals surface area contributed by atoms with Crippen LogP contribution in [-0.2, 0) is 0 Å². The second kappa shape index (κ2) is 3.81. The molecule has 4 heteroatoms. The van der Waals surface area contributed by atoms with Gasteiger partial charge < -0.3 is 10.6 Å². The van der Waals surface area contributed by atoms with Gasteiger partial charge >= 0.3 is 0 Å². The Kier molecular flexibility index (Phi) is 2.40. The van der Waals surface area contributed by atoms with Gasteiger partial charge in [0.1, 0.15) is 11.7 Å². The molecule has 2 heterocycles. The van der Waals surface area contributed by atoms with E-state index >= 15 is 0 Å². The summed E-state index contributed by atoms with van der Waals surface area (Å²) in [6.45, 7) is 2.86. The Morgan fingerprint density at radius 2 is 2.24 bits per heavy atom. The second-order valence-electron chi connectivity index (χ2n) is 4.81. The molecule has 0 bridgehead atoms. The predicted molar refractivity (Wildman–Crippen MR) is 65.9 cm³/mol. The van der Waals surface area contributed by atoms with Crippen LogP contribution in [0, 0.1) is 0 Å². The molecule has 0 unspecified atom stereocenters. The lowest BCUT2D eigenvalue weighted by Gasteiger charge is -2.29. The maximum Gasteiger partial charge on any atom is 0.125 e. The van der Waals surface area contributed by atoms with Crippen molar-refractivity contribution in [2.24, 2.45) is 10.7 Å². The van der Waals surface area contributed by atoms with Gasteiger partial charge in [0, 0.05) is 24.7 Å². The Labute approximate surface area is 100 Å². The summed E-state index contributed by atoms with van der Waals surface area (Å²) in [7, 11) is 0. The molecule has 1 aliphatic carbocycles. The molecule has 0 saturated heterocycles. The fraction of sp³-hybridized carbons (Fsp3) is 0.462. The van der Waals surface area contributed by atoms with Gasteiger partial charge in [-0.3, -0.25) is 0 Å². The Balaban J connectivity index is 2.10. The van der Waals surface area contributed by atoms with E-state index < -0.39 is 0 Å². The van der Waals surface area contributed by atoms with Gasteiger partial charge in [-0.25, -0.2) is 9.38 Å². The molecule has 3 nitrogen and oxygen atoms in total. The van der Waals surface area contributed by atoms with E-state index in [2.05, 4.69) is 9.89 Å². The zero-order chi connectivity index (χ0) is 12.0. The van der Waals surface area contributed by atoms with Crippen LogP contribution in [0.1, 0.15) is 26.2 Å². The molecule has 0 radical (unpaired) electrons. The largest absolute Gasteiger partial charge is 0.328 e. The van der Waals surface area contributed by atoms with Gasteiger partial charge in [-0.05, 0) is 31.4 Å². The Morgan fingerprint density at radius 1 is 1.41 bits per heavy atom. The lowest BCUT2D eigenvalue weighted by Crippen LogP contribution is -2.41. The molecule has 2 N–H and O–H groups in total. The molecule has 0 fully saturated rings. The fourth-order valence-electron chi connectivity index (χ4n) is 2.75. The number of aliphatic imine (C=N–C) groups is 1. The smallest absolute Gasteiger partial charge is 0.125 e. The van der Waals surface area contributed by atoms with Crippen LogP contribution in [0.25, 0.3) is 0 Å². The third kappa shape index (κ3) is 1.63. The summed E-state index contributed by atoms with van der Waals surface area (Å²) < 4.78 is 13.5. The molecule has 3 aliphatic rings. The summed E-state index contributed by atoms with van der Waals surface area (Å²) in [4.78, 5) is 6.54. The maximum absolute atomic E-state index is 13.5. The molecule has 17 heavy (non-hydrogen) atoms. The first-order valence-electron chi connectivity index (χ1n) is 6.06. The van der Waals surface area contributed by atoms with Gasteiger partial charge in [-0.2, -0.15) is 0 Å². The third-order valence-corrected chi connectivity index (χ3v) is 3.51. The zero-order valence-corrected chi connectivity index (χ0v) is 9.91. The molecule has 3 rings (SSSR count). The summed E-state index contributed by atoms with van der Waals surface area (Å²) in [5.74, 6) is 0.847. The highest BCUT2D eigenvalue weighted by atomic mass is 19.1. The Bertz CT molecular complexity index is 483. The summed E-state index contributed by atoms with van der Waals surface area (Å²) in [5, 5.41) is 0. The molecule has 2 aliphatic heterocycles. The topological polar surface area (TPSA) is 41.6 Å². The number of nitrogens with zero attached hydrogens (tertiary/aromatic N) is 2. The van der Waals surface area contributed by atoms with Gasteiger partial charge in [0.15, 0.2) is 0 Å². The van der Waals surface area contributed by atoms with E-state index in [0.717, 1.165) is 36.5 Å². The van der Waals surface area contributed by atoms with Gasteiger partial charge in [-0.1, -0.05) is 0 Å². The maximum atomic E-state index is 13.5. The van der Waals surface area contributed by atoms with Crippen LogP contribution in [0.15, 0.2) is 39.9 Å². The average molecular weight is 233 g/mol. The average Bonchev–Trinajstić information content (AvgIpc) is 2.63. The first kappa shape index (κ1) is 10.7. The highest BCUT2D eigenvalue weighted by Gasteiger charge is 2.32. The van der Waals surface area contributed by atoms with E-state index in [0.29, 0.717) is 6.42 Å². The Hall–Kier alpha value is -1.42. The minimum absolute atomic E-state index is 0.0509. The normalized spacial score (nSPS) is 24.9. The van der Waals surface area contributed by atoms with Crippen molar-refractivity contribution in [2.45, 2.75) is 32.2 Å². The van der Waals surface area contributed by atoms with Gasteiger partial charge in [0.05, 0.1) is 11.7 Å². The van der Waals surface area contributed by atoms with Crippen molar-refractivity contribution < 1.29 is 4.39 Å². The van der Waals surface area contributed by atoms with Crippen LogP contribution >= 0.6 is 0 Å². The summed E-state index contributed by atoms with van der Waals surface area (Å²) in [5.41, 5.74) is 9.32. The van der Waals surface area contributed by atoms with Crippen molar-refractivity contribution in [3.8, 4) is 0 Å². The number of hydrogen-bond donors (Lipinski definition) is 1. The van der Waals surface area contributed by atoms with E-state index in [4.69, 9.17) is 5.73 Å². The number of amidine groups is 1. The Morgan fingerprint density at radius 3 is 3.00 bits per heavy atom. The molecule has 0 aromatic carbocycles. The molecule has 0 spiro atoms. The van der Waals surface area contributed by atoms with Crippen molar-refractivity contribution in [1.29, 1.82) is 0 Å². The molecule has 0 amide bonds. The van der Waals surface area contributed by atoms with Gasteiger partial charge in [-0.15, -0.1) is 0 Å². The lowest BCUT2D eigenvalue weighted by molar-refractivity contribution is 0.537. The minimum Gasteiger partial charge on any atom is -0.328 e. The fourth-order valence-corrected chi connectivity index (χ4v) is 2.75. The van der Waals surface area contributed by atoms with Crippen LogP contribution in [-0.4, -0.2) is 23.3 Å². The number of hydrogen-bond acceptors (Lipinski definition) is 3. The summed E-state index contributed by atoms with van der Waals surface area (Å²) >= 11 is 0. The molecular weight excluding hydrogens is 217 g/mol. The number of halogens is 1. The van der Waals surface area contributed by atoms with E-state index in [-0.39, 0.29) is 11.9 Å². The van der Waals surface area contributed by atoms with Crippen LogP contribution < -0.4 is 5.73 Å². The third-order valence-electron chi connectivity index (χ3n) is 3.51. The highest BCUT2D eigenvalue weighted by molar-refractivity contribution is 5.91. The molecule has 90 valence electrons. The SMILES string of the molecule is C[C@H](N)C1=NC=C2C=C(F)CCC3=C2N1CC3. The van der Waals surface area contributed by atoms with Crippen LogP contribution in [0.3, 0.4) is 0 Å². The molecule has 0 saturated carbocycles. The number of rotatable bonds is 1. The molecule has 1 atom stereocenters. The van der Waals surface area contributed by atoms with E-state index in [1.165, 1.54) is 5.57 Å². The van der Waals surface area contributed by atoms with Crippen LogP contribution in [0.4, 0.5) is 4.39 Å². The lowest BCUT2D eigenvalue weighted by atomic mass is 10.1. The number of allylic oxidation sites excluding steroid dienone is 2. The van der Waals surface area contributed by atoms with E-state index in [1.807, 2.05) is 6.92 Å². The summed E-state index contributed by atoms with van der Waals surface area (Å²) in [6.07, 6.45) is 5.69. The molecule has 0 aromatic rings. The van der Waals surface area contributed by atoms with Crippen molar-refractivity contribution in [3.63, 3.8) is 0 Å². The standard InChI is InChI=1S/C13H16FN3/c1-8(15)13-16-7-10-6-11(14)3-2-9-4-5-17(13)12(9)10/h6-8H,2-5,15H2,1H3/t8-/m0/s1. The van der Waals surface area contributed by atoms with Crippen LogP contribution in [0.2, 0.25) is 0 Å². The molecular formula is C13H16FN3. The van der Waals surface area contributed by atoms with Crippen molar-refractivity contribution in [3.05, 3.63) is 34.9 Å². The summed E-state index contributed by atoms with van der Waals surface area (Å²) in [6, 6.07) is -0.0864. The highest BCUT2D eigenvalue weighted by Crippen LogP contribution is 2.38. The van der Waals surface area contributed by atoms with E-state index in [9.17, 15) is 4.39 Å². The minimum atomic E-state index is -0.0864. The zero-order valence-electron chi connectivity index (χ0n) is 9.91. The first-order valence-corrected chi connectivity index (χ1v) is 6.06. The first-order chi connectivity index (χ1) is 8.16. The number of nitrogens with two attached hydrogens (primary N) is 1.